The van der Waals surface area contributed by atoms with E-state index >= 15 is 0 Å². The zero-order chi connectivity index (χ0) is 11.5. The monoisotopic (exact) mass is 246 g/mol. The first kappa shape index (κ1) is 12.0. The van der Waals surface area contributed by atoms with Crippen LogP contribution < -0.4 is 5.73 Å². The lowest BCUT2D eigenvalue weighted by Crippen LogP contribution is -2.12. The van der Waals surface area contributed by atoms with E-state index < -0.39 is 9.84 Å². The van der Waals surface area contributed by atoms with E-state index in [0.29, 0.717) is 11.5 Å². The lowest BCUT2D eigenvalue weighted by molar-refractivity contribution is 0.602. The molecule has 4 nitrogen and oxygen atoms in total. The number of rotatable bonds is 3. The molecule has 82 valence electrons. The molecule has 0 bridgehead atoms. The van der Waals surface area contributed by atoms with Gasteiger partial charge in [0.05, 0.1) is 16.5 Å². The molecular formula is C9H11ClN2O2S. The van der Waals surface area contributed by atoms with E-state index in [1.807, 2.05) is 0 Å². The summed E-state index contributed by atoms with van der Waals surface area (Å²) in [6, 6.07) is 6.12. The number of halogens is 1. The maximum absolute atomic E-state index is 11.1. The van der Waals surface area contributed by atoms with Gasteiger partial charge in [0.1, 0.15) is 5.84 Å². The second-order valence-electron chi connectivity index (χ2n) is 3.00. The van der Waals surface area contributed by atoms with E-state index in [4.69, 9.17) is 17.3 Å². The van der Waals surface area contributed by atoms with Gasteiger partial charge < -0.3 is 5.73 Å². The number of amidine groups is 1. The molecule has 0 aliphatic rings. The van der Waals surface area contributed by atoms with Gasteiger partial charge in [-0.3, -0.25) is 0 Å². The van der Waals surface area contributed by atoms with E-state index in [0.717, 1.165) is 6.26 Å². The molecule has 1 rings (SSSR count). The van der Waals surface area contributed by atoms with Gasteiger partial charge in [0.15, 0.2) is 9.84 Å². The third-order valence-electron chi connectivity index (χ3n) is 1.67. The number of sulfone groups is 1. The maximum atomic E-state index is 11.1. The van der Waals surface area contributed by atoms with Gasteiger partial charge in [0.2, 0.25) is 0 Å². The number of nitrogens with zero attached hydrogens (tertiary/aromatic N) is 1. The molecule has 0 saturated heterocycles. The van der Waals surface area contributed by atoms with Crippen molar-refractivity contribution >= 4 is 33.0 Å². The summed E-state index contributed by atoms with van der Waals surface area (Å²) in [7, 11) is -3.16. The lowest BCUT2D eigenvalue weighted by atomic mass is 10.3. The van der Waals surface area contributed by atoms with Crippen LogP contribution in [0.1, 0.15) is 0 Å². The number of aliphatic imine (C=N–C) groups is 1. The van der Waals surface area contributed by atoms with Crippen LogP contribution in [0.2, 0.25) is 0 Å². The predicted molar refractivity (Wildman–Crippen MR) is 61.6 cm³/mol. The fraction of sp³-hybridized carbons (Fsp3) is 0.222. The van der Waals surface area contributed by atoms with Gasteiger partial charge in [-0.05, 0) is 24.3 Å². The van der Waals surface area contributed by atoms with Crippen LogP contribution in [0.4, 0.5) is 5.69 Å². The molecule has 0 heterocycles. The summed E-state index contributed by atoms with van der Waals surface area (Å²) in [6.45, 7) is 0. The molecule has 15 heavy (non-hydrogen) atoms. The molecule has 0 unspecified atom stereocenters. The van der Waals surface area contributed by atoms with Gasteiger partial charge in [0.25, 0.3) is 0 Å². The highest BCUT2D eigenvalue weighted by Crippen LogP contribution is 2.16. The Hall–Kier alpha value is -1.07. The van der Waals surface area contributed by atoms with Crippen molar-refractivity contribution in [1.82, 2.24) is 0 Å². The number of benzene rings is 1. The highest BCUT2D eigenvalue weighted by Gasteiger charge is 2.05. The number of hydrogen-bond donors (Lipinski definition) is 1. The van der Waals surface area contributed by atoms with Crippen molar-refractivity contribution in [1.29, 1.82) is 0 Å². The number of hydrogen-bond acceptors (Lipinski definition) is 3. The van der Waals surface area contributed by atoms with Crippen molar-refractivity contribution in [3.8, 4) is 0 Å². The van der Waals surface area contributed by atoms with E-state index in [-0.39, 0.29) is 10.8 Å². The van der Waals surface area contributed by atoms with E-state index in [9.17, 15) is 8.42 Å². The van der Waals surface area contributed by atoms with Crippen molar-refractivity contribution in [2.24, 2.45) is 10.7 Å². The van der Waals surface area contributed by atoms with Gasteiger partial charge in [-0.2, -0.15) is 0 Å². The predicted octanol–water partition coefficient (Wildman–Crippen LogP) is 1.32. The fourth-order valence-corrected chi connectivity index (χ4v) is 1.65. The normalized spacial score (nSPS) is 12.8. The van der Waals surface area contributed by atoms with Crippen molar-refractivity contribution in [3.05, 3.63) is 24.3 Å². The molecule has 6 heteroatoms. The first-order valence-corrected chi connectivity index (χ1v) is 6.55. The molecule has 0 atom stereocenters. The first-order valence-electron chi connectivity index (χ1n) is 4.12. The first-order chi connectivity index (χ1) is 6.93. The van der Waals surface area contributed by atoms with Crippen LogP contribution in [0.15, 0.2) is 34.2 Å². The van der Waals surface area contributed by atoms with Gasteiger partial charge in [-0.15, -0.1) is 11.6 Å². The Bertz CT molecular complexity index is 465. The maximum Gasteiger partial charge on any atom is 0.175 e. The average Bonchev–Trinajstić information content (AvgIpc) is 2.17. The second-order valence-corrected chi connectivity index (χ2v) is 5.29. The van der Waals surface area contributed by atoms with Gasteiger partial charge in [-0.1, -0.05) is 0 Å². The molecule has 0 radical (unpaired) electrons. The number of nitrogens with two attached hydrogens (primary N) is 1. The fourth-order valence-electron chi connectivity index (χ4n) is 0.964. The Kier molecular flexibility index (Phi) is 3.71. The van der Waals surface area contributed by atoms with Gasteiger partial charge in [-0.25, -0.2) is 13.4 Å². The Labute approximate surface area is 93.7 Å². The summed E-state index contributed by atoms with van der Waals surface area (Å²) in [4.78, 5) is 4.22. The summed E-state index contributed by atoms with van der Waals surface area (Å²) >= 11 is 5.45. The van der Waals surface area contributed by atoms with Crippen LogP contribution in [-0.2, 0) is 9.84 Å². The van der Waals surface area contributed by atoms with Crippen molar-refractivity contribution in [2.75, 3.05) is 12.1 Å². The van der Waals surface area contributed by atoms with E-state index in [1.165, 1.54) is 12.1 Å². The molecule has 1 aromatic rings. The molecule has 0 aliphatic carbocycles. The standard InChI is InChI=1S/C9H11ClN2O2S/c1-15(13,14)8-4-2-7(3-5-8)12-9(11)6-10/h2-5H,6H2,1H3,(H2,11,12). The molecular weight excluding hydrogens is 236 g/mol. The molecule has 0 saturated carbocycles. The highest BCUT2D eigenvalue weighted by atomic mass is 35.5. The van der Waals surface area contributed by atoms with Crippen molar-refractivity contribution < 1.29 is 8.42 Å². The SMILES string of the molecule is CS(=O)(=O)c1ccc(N=C(N)CCl)cc1. The Balaban J connectivity index is 3.01. The van der Waals surface area contributed by atoms with Gasteiger partial charge in [0, 0.05) is 6.26 Å². The summed E-state index contributed by atoms with van der Waals surface area (Å²) in [5.74, 6) is 0.442. The van der Waals surface area contributed by atoms with Crippen LogP contribution in [0.3, 0.4) is 0 Å². The third kappa shape index (κ3) is 3.53. The highest BCUT2D eigenvalue weighted by molar-refractivity contribution is 7.90. The second kappa shape index (κ2) is 4.63. The average molecular weight is 247 g/mol. The smallest absolute Gasteiger partial charge is 0.175 e. The van der Waals surface area contributed by atoms with Crippen LogP contribution in [0.5, 0.6) is 0 Å². The lowest BCUT2D eigenvalue weighted by Gasteiger charge is -1.99. The number of alkyl halides is 1. The minimum atomic E-state index is -3.16. The van der Waals surface area contributed by atoms with Crippen molar-refractivity contribution in [3.63, 3.8) is 0 Å². The summed E-state index contributed by atoms with van der Waals surface area (Å²) in [5, 5.41) is 0. The largest absolute Gasteiger partial charge is 0.386 e. The molecule has 0 aromatic heterocycles. The quantitative estimate of drug-likeness (QED) is 0.497. The van der Waals surface area contributed by atoms with Crippen LogP contribution >= 0.6 is 11.6 Å². The minimum Gasteiger partial charge on any atom is -0.386 e. The summed E-state index contributed by atoms with van der Waals surface area (Å²) in [5.41, 5.74) is 6.01. The molecule has 0 fully saturated rings. The Morgan fingerprint density at radius 3 is 2.33 bits per heavy atom. The molecule has 0 amide bonds. The van der Waals surface area contributed by atoms with Crippen LogP contribution in [0, 0.1) is 0 Å². The summed E-state index contributed by atoms with van der Waals surface area (Å²) < 4.78 is 22.3. The van der Waals surface area contributed by atoms with E-state index in [1.54, 1.807) is 12.1 Å². The van der Waals surface area contributed by atoms with Crippen LogP contribution in [0.25, 0.3) is 0 Å². The summed E-state index contributed by atoms with van der Waals surface area (Å²) in [6.07, 6.45) is 1.15. The molecule has 1 aromatic carbocycles. The molecule has 0 aliphatic heterocycles. The van der Waals surface area contributed by atoms with Crippen LogP contribution in [-0.4, -0.2) is 26.4 Å². The molecule has 0 spiro atoms. The Morgan fingerprint density at radius 1 is 1.40 bits per heavy atom. The van der Waals surface area contributed by atoms with Crippen molar-refractivity contribution in [2.45, 2.75) is 4.90 Å². The zero-order valence-corrected chi connectivity index (χ0v) is 9.72. The Morgan fingerprint density at radius 2 is 1.93 bits per heavy atom. The van der Waals surface area contributed by atoms with Gasteiger partial charge >= 0.3 is 0 Å². The molecule has 2 N–H and O–H groups in total. The third-order valence-corrected chi connectivity index (χ3v) is 3.08. The van der Waals surface area contributed by atoms with E-state index in [2.05, 4.69) is 4.99 Å². The topological polar surface area (TPSA) is 72.5 Å². The minimum absolute atomic E-state index is 0.147. The zero-order valence-electron chi connectivity index (χ0n) is 8.14.